The molecule has 2 aliphatic carbocycles. The van der Waals surface area contributed by atoms with E-state index in [1.807, 2.05) is 25.1 Å². The third kappa shape index (κ3) is 7.61. The minimum atomic E-state index is -3.92. The zero-order chi connectivity index (χ0) is 34.9. The minimum Gasteiger partial charge on any atom is -0.490 e. The lowest BCUT2D eigenvalue weighted by molar-refractivity contribution is -0.0315. The van der Waals surface area contributed by atoms with Crippen LogP contribution in [0.4, 0.5) is 5.69 Å². The second-order valence-corrected chi connectivity index (χ2v) is 17.6. The molecule has 0 aromatic heterocycles. The average Bonchev–Trinajstić information content (AvgIpc) is 3.24. The number of hydrogen-bond donors (Lipinski definition) is 1. The predicted molar refractivity (Wildman–Crippen MR) is 197 cm³/mol. The van der Waals surface area contributed by atoms with Crippen LogP contribution in [0.25, 0.3) is 0 Å². The van der Waals surface area contributed by atoms with Gasteiger partial charge in [0.15, 0.2) is 0 Å². The molecule has 9 nitrogen and oxygen atoms in total. The molecule has 2 aromatic carbocycles. The molecule has 3 aliphatic heterocycles. The zero-order valence-corrected chi connectivity index (χ0v) is 31.0. The second-order valence-electron chi connectivity index (χ2n) is 15.2. The van der Waals surface area contributed by atoms with Crippen molar-refractivity contribution in [3.8, 4) is 5.75 Å². The number of amides is 1. The number of halogens is 1. The molecule has 50 heavy (non-hydrogen) atoms. The van der Waals surface area contributed by atoms with E-state index < -0.39 is 21.2 Å². The van der Waals surface area contributed by atoms with E-state index in [1.54, 1.807) is 6.07 Å². The fraction of sp³-hybridized carbons (Fsp3) is 0.615. The summed E-state index contributed by atoms with van der Waals surface area (Å²) >= 11 is 6.47. The number of nitrogens with zero attached hydrogens (tertiary/aromatic N) is 2. The number of carbonyl (C=O) groups excluding carboxylic acids is 1. The molecule has 2 bridgehead atoms. The fourth-order valence-electron chi connectivity index (χ4n) is 8.83. The summed E-state index contributed by atoms with van der Waals surface area (Å²) < 4.78 is 48.5. The lowest BCUT2D eigenvalue weighted by atomic mass is 9.68. The Balaban J connectivity index is 1.24. The van der Waals surface area contributed by atoms with E-state index in [0.29, 0.717) is 43.5 Å². The molecule has 0 unspecified atom stereocenters. The molecule has 2 aromatic rings. The van der Waals surface area contributed by atoms with Crippen molar-refractivity contribution in [2.75, 3.05) is 64.1 Å². The van der Waals surface area contributed by atoms with E-state index >= 15 is 0 Å². The largest absolute Gasteiger partial charge is 0.490 e. The molecule has 11 heteroatoms. The number of morpholine rings is 1. The molecule has 3 heterocycles. The number of nitrogens with one attached hydrogen (secondary N) is 1. The third-order valence-corrected chi connectivity index (χ3v) is 14.0. The van der Waals surface area contributed by atoms with Crippen LogP contribution in [0.5, 0.6) is 5.75 Å². The Labute approximate surface area is 302 Å². The Morgan fingerprint density at radius 3 is 2.72 bits per heavy atom. The quantitative estimate of drug-likeness (QED) is 0.376. The van der Waals surface area contributed by atoms with Crippen LogP contribution in [-0.2, 0) is 31.3 Å². The Morgan fingerprint density at radius 2 is 1.94 bits per heavy atom. The first-order valence-corrected chi connectivity index (χ1v) is 20.5. The average molecular weight is 726 g/mol. The number of fused-ring (bicyclic) bond motifs is 4. The van der Waals surface area contributed by atoms with Crippen molar-refractivity contribution < 1.29 is 27.4 Å². The smallest absolute Gasteiger partial charge is 0.264 e. The van der Waals surface area contributed by atoms with Crippen molar-refractivity contribution in [1.29, 1.82) is 0 Å². The molecule has 7 rings (SSSR count). The number of ether oxygens (including phenoxy) is 3. The van der Waals surface area contributed by atoms with Crippen LogP contribution in [0.3, 0.4) is 0 Å². The summed E-state index contributed by atoms with van der Waals surface area (Å²) in [4.78, 5) is 18.4. The van der Waals surface area contributed by atoms with Gasteiger partial charge in [-0.15, -0.1) is 0 Å². The lowest BCUT2D eigenvalue weighted by Gasteiger charge is -2.46. The highest BCUT2D eigenvalue weighted by atomic mass is 35.5. The maximum atomic E-state index is 13.6. The van der Waals surface area contributed by atoms with E-state index in [0.717, 1.165) is 94.5 Å². The van der Waals surface area contributed by atoms with Gasteiger partial charge in [0.05, 0.1) is 43.5 Å². The number of aryl methyl sites for hydroxylation is 1. The molecule has 1 spiro atoms. The van der Waals surface area contributed by atoms with E-state index in [4.69, 9.17) is 25.8 Å². The number of allylic oxidation sites excluding steroid dienone is 1. The van der Waals surface area contributed by atoms with E-state index in [9.17, 15) is 13.2 Å². The molecule has 6 atom stereocenters. The van der Waals surface area contributed by atoms with Crippen molar-refractivity contribution in [3.63, 3.8) is 0 Å². The van der Waals surface area contributed by atoms with Gasteiger partial charge in [-0.25, -0.2) is 13.1 Å². The van der Waals surface area contributed by atoms with Gasteiger partial charge in [-0.3, -0.25) is 9.69 Å². The van der Waals surface area contributed by atoms with Gasteiger partial charge in [0.1, 0.15) is 5.75 Å². The van der Waals surface area contributed by atoms with Crippen molar-refractivity contribution in [3.05, 3.63) is 70.3 Å². The molecule has 1 saturated carbocycles. The van der Waals surface area contributed by atoms with Gasteiger partial charge in [-0.05, 0) is 104 Å². The molecule has 0 radical (unpaired) electrons. The van der Waals surface area contributed by atoms with Gasteiger partial charge in [0.25, 0.3) is 5.91 Å². The standard InChI is InChI=1S/C39H52ClN3O6S/c1-3-32-21-27(2)6-12-36(48-20-17-42-15-18-47-19-16-42)33-10-7-30(33)24-43-25-39(14-4-5-28-22-31(40)9-11-34(28)39)26-49-37-13-8-29(23-35(37)43)38(44)41-50(32,45)46/h6,8-9,11-13,22-23,27,30,32-33,36H,3-5,7,10,14-21,24-26H2,1-2H3,(H,41,44)/b12-6+/t27-,30-,32+,33+,36-,39-/m0/s1. The van der Waals surface area contributed by atoms with E-state index in [1.165, 1.54) is 11.1 Å². The fourth-order valence-corrected chi connectivity index (χ4v) is 10.6. The molecular formula is C39H52ClN3O6S. The number of sulfonamides is 1. The number of carbonyl (C=O) groups is 1. The summed E-state index contributed by atoms with van der Waals surface area (Å²) in [7, 11) is -3.92. The van der Waals surface area contributed by atoms with Crippen LogP contribution in [-0.4, -0.2) is 89.7 Å². The highest BCUT2D eigenvalue weighted by molar-refractivity contribution is 7.90. The summed E-state index contributed by atoms with van der Waals surface area (Å²) in [5.41, 5.74) is 3.47. The number of hydrogen-bond acceptors (Lipinski definition) is 8. The molecule has 5 aliphatic rings. The van der Waals surface area contributed by atoms with Crippen LogP contribution in [0.1, 0.15) is 73.9 Å². The van der Waals surface area contributed by atoms with Crippen LogP contribution in [0.15, 0.2) is 48.6 Å². The zero-order valence-electron chi connectivity index (χ0n) is 29.4. The normalized spacial score (nSPS) is 32.1. The Morgan fingerprint density at radius 1 is 1.10 bits per heavy atom. The molecular weight excluding hydrogens is 674 g/mol. The summed E-state index contributed by atoms with van der Waals surface area (Å²) in [6.07, 6.45) is 10.3. The van der Waals surface area contributed by atoms with Crippen molar-refractivity contribution >= 4 is 33.2 Å². The first kappa shape index (κ1) is 35.8. The minimum absolute atomic E-state index is 0.00299. The molecule has 1 N–H and O–H groups in total. The van der Waals surface area contributed by atoms with Crippen LogP contribution in [0, 0.1) is 17.8 Å². The topological polar surface area (TPSA) is 97.4 Å². The summed E-state index contributed by atoms with van der Waals surface area (Å²) in [5.74, 6) is 0.825. The van der Waals surface area contributed by atoms with Crippen LogP contribution in [0.2, 0.25) is 5.02 Å². The van der Waals surface area contributed by atoms with Crippen LogP contribution >= 0.6 is 11.6 Å². The maximum absolute atomic E-state index is 13.6. The highest BCUT2D eigenvalue weighted by Crippen LogP contribution is 2.47. The second kappa shape index (κ2) is 15.2. The summed E-state index contributed by atoms with van der Waals surface area (Å²) in [6, 6.07) is 11.6. The molecule has 1 amide bonds. The summed E-state index contributed by atoms with van der Waals surface area (Å²) in [5, 5.41) is 0.0513. The Bertz CT molecular complexity index is 1680. The SMILES string of the molecule is CC[C@@H]1C[C@@H](C)/C=C/[C@H](OCCN2CCOCC2)[C@@H]2CC[C@H]2CN2C[C@@]3(CCCc4cc(Cl)ccc43)COc3ccc(cc32)C(=O)NS1(=O)=O. The van der Waals surface area contributed by atoms with Gasteiger partial charge < -0.3 is 19.1 Å². The van der Waals surface area contributed by atoms with Crippen LogP contribution < -0.4 is 14.4 Å². The lowest BCUT2D eigenvalue weighted by Crippen LogP contribution is -2.50. The molecule has 272 valence electrons. The number of benzene rings is 2. The maximum Gasteiger partial charge on any atom is 0.264 e. The number of rotatable bonds is 5. The third-order valence-electron chi connectivity index (χ3n) is 11.9. The molecule has 1 saturated heterocycles. The van der Waals surface area contributed by atoms with Gasteiger partial charge >= 0.3 is 0 Å². The van der Waals surface area contributed by atoms with Crippen molar-refractivity contribution in [1.82, 2.24) is 9.62 Å². The van der Waals surface area contributed by atoms with Gasteiger partial charge in [0.2, 0.25) is 10.0 Å². The molecule has 2 fully saturated rings. The Kier molecular flexibility index (Phi) is 10.8. The van der Waals surface area contributed by atoms with E-state index in [-0.39, 0.29) is 17.4 Å². The predicted octanol–water partition coefficient (Wildman–Crippen LogP) is 5.99. The highest BCUT2D eigenvalue weighted by Gasteiger charge is 2.44. The number of anilines is 1. The Hall–Kier alpha value is -2.63. The van der Waals surface area contributed by atoms with Crippen molar-refractivity contribution in [2.24, 2.45) is 17.8 Å². The first-order chi connectivity index (χ1) is 24.1. The summed E-state index contributed by atoms with van der Waals surface area (Å²) in [6.45, 7) is 10.8. The van der Waals surface area contributed by atoms with E-state index in [2.05, 4.69) is 45.7 Å². The van der Waals surface area contributed by atoms with Gasteiger partial charge in [-0.1, -0.05) is 43.7 Å². The van der Waals surface area contributed by atoms with Gasteiger partial charge in [-0.2, -0.15) is 0 Å². The van der Waals surface area contributed by atoms with Crippen molar-refractivity contribution in [2.45, 2.75) is 75.6 Å². The van der Waals surface area contributed by atoms with Gasteiger partial charge in [0, 0.05) is 48.7 Å². The monoisotopic (exact) mass is 725 g/mol. The first-order valence-electron chi connectivity index (χ1n) is 18.6.